The molecular formula is C12H12N2O2S. The summed E-state index contributed by atoms with van der Waals surface area (Å²) in [6.07, 6.45) is 1.36. The van der Waals surface area contributed by atoms with E-state index in [0.717, 1.165) is 16.3 Å². The summed E-state index contributed by atoms with van der Waals surface area (Å²) in [5.41, 5.74) is 1.07. The van der Waals surface area contributed by atoms with E-state index >= 15 is 0 Å². The monoisotopic (exact) mass is 248 g/mol. The molecule has 2 N–H and O–H groups in total. The van der Waals surface area contributed by atoms with E-state index in [1.54, 1.807) is 11.3 Å². The smallest absolute Gasteiger partial charge is 0.317 e. The molecule has 1 saturated carbocycles. The van der Waals surface area contributed by atoms with Gasteiger partial charge in [0.1, 0.15) is 16.9 Å². The summed E-state index contributed by atoms with van der Waals surface area (Å²) < 4.78 is 0. The first-order chi connectivity index (χ1) is 8.13. The molecule has 0 saturated heterocycles. The second-order valence-electron chi connectivity index (χ2n) is 4.42. The third-order valence-electron chi connectivity index (χ3n) is 3.25. The average Bonchev–Trinajstić information content (AvgIpc) is 2.76. The normalized spacial score (nSPS) is 17.0. The van der Waals surface area contributed by atoms with Gasteiger partial charge in [0.2, 0.25) is 0 Å². The fourth-order valence-corrected chi connectivity index (χ4v) is 2.79. The number of carboxylic acid groups (broad SMARTS) is 1. The lowest BCUT2D eigenvalue weighted by Gasteiger charge is -2.04. The second-order valence-corrected chi connectivity index (χ2v) is 5.37. The van der Waals surface area contributed by atoms with Gasteiger partial charge in [0, 0.05) is 5.69 Å². The third kappa shape index (κ3) is 1.50. The summed E-state index contributed by atoms with van der Waals surface area (Å²) >= 11 is 1.61. The summed E-state index contributed by atoms with van der Waals surface area (Å²) in [5.74, 6) is -0.171. The van der Waals surface area contributed by atoms with Gasteiger partial charge in [0.05, 0.1) is 4.88 Å². The van der Waals surface area contributed by atoms with E-state index in [1.165, 1.54) is 0 Å². The molecule has 2 heterocycles. The second kappa shape index (κ2) is 3.43. The lowest BCUT2D eigenvalue weighted by Crippen LogP contribution is -2.21. The van der Waals surface area contributed by atoms with Gasteiger partial charge >= 0.3 is 5.97 Å². The lowest BCUT2D eigenvalue weighted by molar-refractivity contribution is -0.140. The molecule has 0 aromatic carbocycles. The van der Waals surface area contributed by atoms with Crippen molar-refractivity contribution in [2.45, 2.75) is 25.2 Å². The zero-order valence-corrected chi connectivity index (χ0v) is 10.2. The van der Waals surface area contributed by atoms with Gasteiger partial charge < -0.3 is 10.1 Å². The van der Waals surface area contributed by atoms with E-state index in [1.807, 2.05) is 24.4 Å². The molecule has 0 unspecified atom stereocenters. The zero-order chi connectivity index (χ0) is 12.0. The van der Waals surface area contributed by atoms with Crippen LogP contribution in [0, 0.1) is 6.92 Å². The Bertz CT molecular complexity index is 567. The van der Waals surface area contributed by atoms with E-state index < -0.39 is 11.4 Å². The van der Waals surface area contributed by atoms with Crippen molar-refractivity contribution in [3.63, 3.8) is 0 Å². The minimum atomic E-state index is -0.774. The highest BCUT2D eigenvalue weighted by molar-refractivity contribution is 7.13. The largest absolute Gasteiger partial charge is 0.480 e. The number of hydrogen-bond donors (Lipinski definition) is 2. The molecule has 4 nitrogen and oxygen atoms in total. The number of carbonyl (C=O) groups is 1. The average molecular weight is 248 g/mol. The Balaban J connectivity index is 2.05. The van der Waals surface area contributed by atoms with Crippen LogP contribution >= 0.6 is 11.3 Å². The van der Waals surface area contributed by atoms with Gasteiger partial charge in [-0.2, -0.15) is 0 Å². The Hall–Kier alpha value is -1.62. The number of H-pyrrole nitrogens is 1. The number of carboxylic acids is 1. The van der Waals surface area contributed by atoms with Gasteiger partial charge in [-0.05, 0) is 31.2 Å². The first kappa shape index (κ1) is 10.5. The predicted octanol–water partition coefficient (Wildman–Crippen LogP) is 2.56. The van der Waals surface area contributed by atoms with E-state index in [0.29, 0.717) is 18.7 Å². The Morgan fingerprint density at radius 1 is 1.59 bits per heavy atom. The molecule has 5 heteroatoms. The lowest BCUT2D eigenvalue weighted by atomic mass is 10.1. The Labute approximate surface area is 102 Å². The van der Waals surface area contributed by atoms with Crippen molar-refractivity contribution < 1.29 is 9.90 Å². The van der Waals surface area contributed by atoms with Crippen LogP contribution in [0.5, 0.6) is 0 Å². The van der Waals surface area contributed by atoms with E-state index in [-0.39, 0.29) is 0 Å². The fourth-order valence-electron chi connectivity index (χ4n) is 2.02. The van der Waals surface area contributed by atoms with Gasteiger partial charge in [-0.25, -0.2) is 4.98 Å². The number of nitrogens with one attached hydrogen (secondary N) is 1. The van der Waals surface area contributed by atoms with Crippen LogP contribution in [0.4, 0.5) is 0 Å². The summed E-state index contributed by atoms with van der Waals surface area (Å²) in [5, 5.41) is 11.2. The predicted molar refractivity (Wildman–Crippen MR) is 65.2 cm³/mol. The number of aromatic amines is 1. The first-order valence-corrected chi connectivity index (χ1v) is 6.36. The number of imidazole rings is 1. The molecule has 1 fully saturated rings. The van der Waals surface area contributed by atoms with Crippen LogP contribution in [0.25, 0.3) is 10.6 Å². The molecule has 1 aliphatic rings. The standard InChI is InChI=1S/C12H12N2O2S/c1-7-9(8-3-2-6-17-8)14-10(13-7)12(4-5-12)11(15)16/h2-3,6H,4-5H2,1H3,(H,13,14)(H,15,16). The van der Waals surface area contributed by atoms with Crippen LogP contribution in [-0.4, -0.2) is 21.0 Å². The number of thiophene rings is 1. The van der Waals surface area contributed by atoms with Crippen molar-refractivity contribution in [3.05, 3.63) is 29.0 Å². The van der Waals surface area contributed by atoms with Gasteiger partial charge in [0.15, 0.2) is 0 Å². The number of aliphatic carboxylic acids is 1. The van der Waals surface area contributed by atoms with Crippen LogP contribution < -0.4 is 0 Å². The van der Waals surface area contributed by atoms with Crippen molar-refractivity contribution in [2.24, 2.45) is 0 Å². The number of nitrogens with zero attached hydrogens (tertiary/aromatic N) is 1. The molecule has 2 aromatic heterocycles. The summed E-state index contributed by atoms with van der Waals surface area (Å²) in [7, 11) is 0. The SMILES string of the molecule is Cc1[nH]c(C2(C(=O)O)CC2)nc1-c1cccs1. The molecule has 0 atom stereocenters. The van der Waals surface area contributed by atoms with Crippen molar-refractivity contribution in [2.75, 3.05) is 0 Å². The van der Waals surface area contributed by atoms with Crippen LogP contribution in [-0.2, 0) is 10.2 Å². The highest BCUT2D eigenvalue weighted by Crippen LogP contribution is 2.47. The molecule has 0 aliphatic heterocycles. The molecule has 1 aliphatic carbocycles. The highest BCUT2D eigenvalue weighted by Gasteiger charge is 2.54. The molecule has 0 radical (unpaired) electrons. The maximum atomic E-state index is 11.2. The van der Waals surface area contributed by atoms with Crippen molar-refractivity contribution in [1.82, 2.24) is 9.97 Å². The van der Waals surface area contributed by atoms with E-state index in [2.05, 4.69) is 9.97 Å². The molecule has 3 rings (SSSR count). The molecular weight excluding hydrogens is 236 g/mol. The van der Waals surface area contributed by atoms with Gasteiger partial charge in [0.25, 0.3) is 0 Å². The Morgan fingerprint density at radius 2 is 2.35 bits per heavy atom. The van der Waals surface area contributed by atoms with Crippen molar-refractivity contribution >= 4 is 17.3 Å². The summed E-state index contributed by atoms with van der Waals surface area (Å²) in [6, 6.07) is 3.97. The molecule has 0 amide bonds. The number of aryl methyl sites for hydroxylation is 1. The van der Waals surface area contributed by atoms with Crippen molar-refractivity contribution in [3.8, 4) is 10.6 Å². The first-order valence-electron chi connectivity index (χ1n) is 5.48. The molecule has 2 aromatic rings. The topological polar surface area (TPSA) is 66.0 Å². The Kier molecular flexibility index (Phi) is 2.13. The maximum Gasteiger partial charge on any atom is 0.317 e. The van der Waals surface area contributed by atoms with Crippen molar-refractivity contribution in [1.29, 1.82) is 0 Å². The number of hydrogen-bond acceptors (Lipinski definition) is 3. The van der Waals surface area contributed by atoms with Crippen LogP contribution in [0.3, 0.4) is 0 Å². The number of aromatic nitrogens is 2. The van der Waals surface area contributed by atoms with Crippen LogP contribution in [0.1, 0.15) is 24.4 Å². The summed E-state index contributed by atoms with van der Waals surface area (Å²) in [6.45, 7) is 1.93. The van der Waals surface area contributed by atoms with Gasteiger partial charge in [-0.3, -0.25) is 4.79 Å². The van der Waals surface area contributed by atoms with Gasteiger partial charge in [-0.1, -0.05) is 6.07 Å². The number of rotatable bonds is 3. The quantitative estimate of drug-likeness (QED) is 0.877. The highest BCUT2D eigenvalue weighted by atomic mass is 32.1. The minimum absolute atomic E-state index is 0.603. The minimum Gasteiger partial charge on any atom is -0.480 e. The molecule has 0 bridgehead atoms. The fraction of sp³-hybridized carbons (Fsp3) is 0.333. The summed E-state index contributed by atoms with van der Waals surface area (Å²) in [4.78, 5) is 19.9. The van der Waals surface area contributed by atoms with E-state index in [9.17, 15) is 9.90 Å². The van der Waals surface area contributed by atoms with E-state index in [4.69, 9.17) is 0 Å². The Morgan fingerprint density at radius 3 is 2.88 bits per heavy atom. The van der Waals surface area contributed by atoms with Gasteiger partial charge in [-0.15, -0.1) is 11.3 Å². The zero-order valence-electron chi connectivity index (χ0n) is 9.36. The molecule has 88 valence electrons. The maximum absolute atomic E-state index is 11.2. The van der Waals surface area contributed by atoms with Crippen LogP contribution in [0.2, 0.25) is 0 Å². The molecule has 0 spiro atoms. The van der Waals surface area contributed by atoms with Crippen LogP contribution in [0.15, 0.2) is 17.5 Å². The third-order valence-corrected chi connectivity index (χ3v) is 4.13. The molecule has 17 heavy (non-hydrogen) atoms.